The van der Waals surface area contributed by atoms with E-state index in [1.807, 2.05) is 54.6 Å². The van der Waals surface area contributed by atoms with Gasteiger partial charge in [-0.05, 0) is 48.9 Å². The second-order valence-corrected chi connectivity index (χ2v) is 9.71. The van der Waals surface area contributed by atoms with Crippen LogP contribution in [0, 0.1) is 11.7 Å². The minimum atomic E-state index is -1.21. The second kappa shape index (κ2) is 8.02. The maximum atomic E-state index is 13.7. The molecule has 2 aliphatic rings. The van der Waals surface area contributed by atoms with E-state index in [9.17, 15) is 14.0 Å². The fourth-order valence-electron chi connectivity index (χ4n) is 4.80. The molecule has 3 atom stereocenters. The van der Waals surface area contributed by atoms with Gasteiger partial charge in [-0.1, -0.05) is 59.9 Å². The van der Waals surface area contributed by atoms with Gasteiger partial charge in [0.25, 0.3) is 5.56 Å². The number of aromatic nitrogens is 1. The zero-order chi connectivity index (χ0) is 24.2. The van der Waals surface area contributed by atoms with Gasteiger partial charge in [0.2, 0.25) is 11.6 Å². The van der Waals surface area contributed by atoms with Gasteiger partial charge in [-0.25, -0.2) is 9.38 Å². The second-order valence-electron chi connectivity index (χ2n) is 8.70. The molecule has 6 nitrogen and oxygen atoms in total. The van der Waals surface area contributed by atoms with E-state index in [0.717, 1.165) is 5.56 Å². The summed E-state index contributed by atoms with van der Waals surface area (Å²) in [6.45, 7) is 1.78. The van der Waals surface area contributed by atoms with Gasteiger partial charge >= 0.3 is 0 Å². The van der Waals surface area contributed by atoms with Crippen molar-refractivity contribution in [2.24, 2.45) is 10.9 Å². The summed E-state index contributed by atoms with van der Waals surface area (Å²) in [4.78, 5) is 32.6. The van der Waals surface area contributed by atoms with Gasteiger partial charge < -0.3 is 10.1 Å². The lowest BCUT2D eigenvalue weighted by molar-refractivity contribution is -0.131. The molecule has 3 aromatic carbocycles. The summed E-state index contributed by atoms with van der Waals surface area (Å²) >= 11 is 1.23. The number of ether oxygens (including phenoxy) is 1. The van der Waals surface area contributed by atoms with E-state index in [0.29, 0.717) is 26.3 Å². The molecule has 0 saturated carbocycles. The number of hydrogen-bond donors (Lipinski definition) is 1. The predicted octanol–water partition coefficient (Wildman–Crippen LogP) is 3.46. The Balaban J connectivity index is 1.54. The van der Waals surface area contributed by atoms with Gasteiger partial charge in [-0.2, -0.15) is 0 Å². The fourth-order valence-corrected chi connectivity index (χ4v) is 5.89. The van der Waals surface area contributed by atoms with Gasteiger partial charge in [0.15, 0.2) is 4.80 Å². The predicted molar refractivity (Wildman–Crippen MR) is 132 cm³/mol. The number of carbonyl (C=O) groups is 1. The number of rotatable bonds is 3. The maximum absolute atomic E-state index is 13.7. The van der Waals surface area contributed by atoms with Gasteiger partial charge in [0.05, 0.1) is 10.6 Å². The van der Waals surface area contributed by atoms with Crippen molar-refractivity contribution in [3.05, 3.63) is 115 Å². The Labute approximate surface area is 203 Å². The molecule has 0 radical (unpaired) electrons. The molecule has 1 N–H and O–H groups in total. The number of anilines is 1. The van der Waals surface area contributed by atoms with Gasteiger partial charge in [-0.15, -0.1) is 0 Å². The fraction of sp³-hybridized carbons (Fsp3) is 0.148. The van der Waals surface area contributed by atoms with Crippen molar-refractivity contribution >= 4 is 29.0 Å². The number of nitrogens with one attached hydrogen (secondary N) is 1. The summed E-state index contributed by atoms with van der Waals surface area (Å²) in [6, 6.07) is 21.9. The molecule has 4 aromatic rings. The van der Waals surface area contributed by atoms with Crippen molar-refractivity contribution in [2.45, 2.75) is 18.7 Å². The highest BCUT2D eigenvalue weighted by Crippen LogP contribution is 2.47. The normalized spacial score (nSPS) is 22.4. The van der Waals surface area contributed by atoms with E-state index in [1.165, 1.54) is 23.5 Å². The Kier molecular flexibility index (Phi) is 4.93. The monoisotopic (exact) mass is 485 g/mol. The Morgan fingerprint density at radius 3 is 2.57 bits per heavy atom. The highest BCUT2D eigenvalue weighted by Gasteiger charge is 2.55. The van der Waals surface area contributed by atoms with E-state index in [1.54, 1.807) is 29.7 Å². The average Bonchev–Trinajstić information content (AvgIpc) is 3.14. The van der Waals surface area contributed by atoms with Crippen LogP contribution in [-0.4, -0.2) is 16.2 Å². The molecule has 2 bridgehead atoms. The van der Waals surface area contributed by atoms with Crippen LogP contribution in [0.2, 0.25) is 0 Å². The molecular weight excluding hydrogens is 465 g/mol. The highest BCUT2D eigenvalue weighted by molar-refractivity contribution is 7.07. The van der Waals surface area contributed by atoms with Crippen LogP contribution in [-0.2, 0) is 4.79 Å². The molecule has 0 aliphatic carbocycles. The minimum absolute atomic E-state index is 0.251. The van der Waals surface area contributed by atoms with Gasteiger partial charge in [0.1, 0.15) is 17.5 Å². The summed E-state index contributed by atoms with van der Waals surface area (Å²) in [7, 11) is 0. The van der Waals surface area contributed by atoms with Gasteiger partial charge in [-0.3, -0.25) is 14.2 Å². The lowest BCUT2D eigenvalue weighted by Gasteiger charge is -2.45. The molecule has 1 amide bonds. The number of benzene rings is 3. The average molecular weight is 486 g/mol. The first-order chi connectivity index (χ1) is 16.9. The molecule has 2 aliphatic heterocycles. The molecule has 0 saturated heterocycles. The third kappa shape index (κ3) is 3.57. The minimum Gasteiger partial charge on any atom is -0.465 e. The number of amides is 1. The van der Waals surface area contributed by atoms with Crippen LogP contribution < -0.4 is 24.9 Å². The van der Waals surface area contributed by atoms with Crippen LogP contribution in [0.3, 0.4) is 0 Å². The lowest BCUT2D eigenvalue weighted by Crippen LogP contribution is -2.59. The van der Waals surface area contributed by atoms with Crippen molar-refractivity contribution in [2.75, 3.05) is 5.32 Å². The molecule has 6 rings (SSSR count). The number of para-hydroxylation sites is 2. The summed E-state index contributed by atoms with van der Waals surface area (Å²) < 4.78 is 21.7. The molecular formula is C27H20FN3O3S. The number of nitrogens with zero attached hydrogens (tertiary/aromatic N) is 2. The molecule has 1 aromatic heterocycles. The SMILES string of the molecule is CC12N=c3s/c(=C\c4ccc(F)cc4)c(=O)n3C(c3ccccc3O1)C2C(=O)Nc1ccccc1. The smallest absolute Gasteiger partial charge is 0.270 e. The van der Waals surface area contributed by atoms with Crippen molar-refractivity contribution in [3.8, 4) is 5.75 Å². The number of fused-ring (bicyclic) bond motifs is 6. The molecule has 3 unspecified atom stereocenters. The topological polar surface area (TPSA) is 72.7 Å². The summed E-state index contributed by atoms with van der Waals surface area (Å²) in [5, 5.41) is 2.96. The number of thiazole rings is 1. The molecule has 8 heteroatoms. The third-order valence-electron chi connectivity index (χ3n) is 6.37. The number of halogens is 1. The quantitative estimate of drug-likeness (QED) is 0.483. The Morgan fingerprint density at radius 2 is 1.80 bits per heavy atom. The van der Waals surface area contributed by atoms with Crippen molar-refractivity contribution in [1.82, 2.24) is 4.57 Å². The van der Waals surface area contributed by atoms with E-state index < -0.39 is 17.7 Å². The highest BCUT2D eigenvalue weighted by atomic mass is 32.1. The number of hydrogen-bond acceptors (Lipinski definition) is 5. The molecule has 0 spiro atoms. The van der Waals surface area contributed by atoms with Crippen molar-refractivity contribution in [3.63, 3.8) is 0 Å². The van der Waals surface area contributed by atoms with E-state index in [2.05, 4.69) is 5.32 Å². The molecule has 35 heavy (non-hydrogen) atoms. The summed E-state index contributed by atoms with van der Waals surface area (Å²) in [6.07, 6.45) is 1.71. The van der Waals surface area contributed by atoms with Crippen molar-refractivity contribution < 1.29 is 13.9 Å². The van der Waals surface area contributed by atoms with E-state index >= 15 is 0 Å². The standard InChI is InChI=1S/C27H20FN3O3S/c1-27-22(24(32)29-18-7-3-2-4-8-18)23(19-9-5-6-10-20(19)34-27)31-25(33)21(35-26(31)30-27)15-16-11-13-17(28)14-12-16/h2-15,22-23H,1H3,(H,29,32)/b21-15-. The van der Waals surface area contributed by atoms with Crippen LogP contribution in [0.4, 0.5) is 10.1 Å². The van der Waals surface area contributed by atoms with Crippen LogP contribution in [0.25, 0.3) is 6.08 Å². The van der Waals surface area contributed by atoms with E-state index in [4.69, 9.17) is 9.73 Å². The van der Waals surface area contributed by atoms with Crippen molar-refractivity contribution in [1.29, 1.82) is 0 Å². The van der Waals surface area contributed by atoms with E-state index in [-0.39, 0.29) is 17.3 Å². The lowest BCUT2D eigenvalue weighted by atomic mass is 9.80. The Bertz CT molecular complexity index is 1630. The molecule has 174 valence electrons. The maximum Gasteiger partial charge on any atom is 0.270 e. The van der Waals surface area contributed by atoms with Crippen LogP contribution >= 0.6 is 11.3 Å². The van der Waals surface area contributed by atoms with Gasteiger partial charge in [0, 0.05) is 11.3 Å². The molecule has 0 fully saturated rings. The van der Waals surface area contributed by atoms with Crippen LogP contribution in [0.1, 0.15) is 24.1 Å². The first-order valence-electron chi connectivity index (χ1n) is 11.2. The first-order valence-corrected chi connectivity index (χ1v) is 12.0. The largest absolute Gasteiger partial charge is 0.465 e. The molecule has 3 heterocycles. The number of carbonyl (C=O) groups excluding carboxylic acids is 1. The van der Waals surface area contributed by atoms with Crippen LogP contribution in [0.15, 0.2) is 88.6 Å². The first kappa shape index (κ1) is 21.5. The Hall–Kier alpha value is -4.04. The summed E-state index contributed by atoms with van der Waals surface area (Å²) in [5.74, 6) is -0.812. The Morgan fingerprint density at radius 1 is 1.09 bits per heavy atom. The zero-order valence-corrected chi connectivity index (χ0v) is 19.5. The summed E-state index contributed by atoms with van der Waals surface area (Å²) in [5.41, 5.74) is 0.651. The van der Waals surface area contributed by atoms with Crippen LogP contribution in [0.5, 0.6) is 5.75 Å². The third-order valence-corrected chi connectivity index (χ3v) is 7.35. The zero-order valence-electron chi connectivity index (χ0n) is 18.6.